The summed E-state index contributed by atoms with van der Waals surface area (Å²) in [7, 11) is 1.74. The second kappa shape index (κ2) is 14.9. The summed E-state index contributed by atoms with van der Waals surface area (Å²) in [5.41, 5.74) is 1.75. The molecule has 29 heavy (non-hydrogen) atoms. The molecule has 2 aromatic rings. The van der Waals surface area contributed by atoms with E-state index in [0.717, 1.165) is 50.5 Å². The van der Waals surface area contributed by atoms with Gasteiger partial charge in [0, 0.05) is 39.0 Å². The molecule has 0 spiro atoms. The molecule has 160 valence electrons. The molecule has 0 aliphatic heterocycles. The second-order valence-corrected chi connectivity index (χ2v) is 6.30. The van der Waals surface area contributed by atoms with Gasteiger partial charge in [0.1, 0.15) is 0 Å². The third kappa shape index (κ3) is 9.80. The molecule has 0 bridgehead atoms. The number of halogens is 1. The number of amides is 1. The number of nitrogens with one attached hydrogen (secondary N) is 3. The molecule has 0 radical (unpaired) electrons. The molecule has 0 saturated carbocycles. The molecule has 2 rings (SSSR count). The smallest absolute Gasteiger partial charge is 0.291 e. The van der Waals surface area contributed by atoms with E-state index in [1.807, 2.05) is 24.3 Å². The number of guanidine groups is 1. The third-order valence-corrected chi connectivity index (χ3v) is 4.01. The van der Waals surface area contributed by atoms with Crippen LogP contribution in [-0.2, 0) is 11.3 Å². The maximum Gasteiger partial charge on any atom is 0.291 e. The molecule has 0 aliphatic carbocycles. The first-order chi connectivity index (χ1) is 13.7. The van der Waals surface area contributed by atoms with Crippen molar-refractivity contribution in [3.05, 3.63) is 54.0 Å². The summed E-state index contributed by atoms with van der Waals surface area (Å²) in [5.74, 6) is 0.749. The van der Waals surface area contributed by atoms with Gasteiger partial charge in [-0.2, -0.15) is 0 Å². The van der Waals surface area contributed by atoms with E-state index in [4.69, 9.17) is 9.15 Å². The van der Waals surface area contributed by atoms with Crippen molar-refractivity contribution in [3.8, 4) is 0 Å². The lowest BCUT2D eigenvalue weighted by molar-refractivity contribution is 0.0996. The number of hydrogen-bond donors (Lipinski definition) is 3. The Hall–Kier alpha value is -2.07. The summed E-state index contributed by atoms with van der Waals surface area (Å²) >= 11 is 0. The Morgan fingerprint density at radius 2 is 1.97 bits per heavy atom. The number of anilines is 1. The Morgan fingerprint density at radius 1 is 1.14 bits per heavy atom. The Bertz CT molecular complexity index is 735. The first kappa shape index (κ1) is 25.0. The summed E-state index contributed by atoms with van der Waals surface area (Å²) < 4.78 is 10.7. The highest BCUT2D eigenvalue weighted by Gasteiger charge is 2.08. The van der Waals surface area contributed by atoms with Crippen LogP contribution in [0.1, 0.15) is 42.3 Å². The number of carbonyl (C=O) groups is 1. The van der Waals surface area contributed by atoms with Crippen LogP contribution in [0.5, 0.6) is 0 Å². The predicted octanol–water partition coefficient (Wildman–Crippen LogP) is 4.02. The highest BCUT2D eigenvalue weighted by Crippen LogP contribution is 2.12. The maximum absolute atomic E-state index is 12.1. The number of hydrogen-bond acceptors (Lipinski definition) is 4. The minimum absolute atomic E-state index is 0. The van der Waals surface area contributed by atoms with Gasteiger partial charge in [0.05, 0.1) is 6.26 Å². The van der Waals surface area contributed by atoms with Crippen LogP contribution < -0.4 is 16.0 Å². The Balaban J connectivity index is 0.00000420. The first-order valence-corrected chi connectivity index (χ1v) is 9.69. The lowest BCUT2D eigenvalue weighted by Gasteiger charge is -2.13. The van der Waals surface area contributed by atoms with Crippen molar-refractivity contribution in [1.82, 2.24) is 10.6 Å². The fourth-order valence-electron chi connectivity index (χ4n) is 2.50. The molecule has 0 atom stereocenters. The van der Waals surface area contributed by atoms with Gasteiger partial charge in [0.15, 0.2) is 11.7 Å². The van der Waals surface area contributed by atoms with Crippen LogP contribution in [0, 0.1) is 0 Å². The fourth-order valence-corrected chi connectivity index (χ4v) is 2.50. The first-order valence-electron chi connectivity index (χ1n) is 9.69. The van der Waals surface area contributed by atoms with Gasteiger partial charge in [-0.1, -0.05) is 25.5 Å². The van der Waals surface area contributed by atoms with Crippen LogP contribution in [0.25, 0.3) is 0 Å². The molecule has 8 heteroatoms. The van der Waals surface area contributed by atoms with Crippen molar-refractivity contribution in [1.29, 1.82) is 0 Å². The number of unbranched alkanes of at least 4 members (excludes halogenated alkanes) is 1. The van der Waals surface area contributed by atoms with Crippen LogP contribution in [0.2, 0.25) is 0 Å². The van der Waals surface area contributed by atoms with Crippen molar-refractivity contribution < 1.29 is 13.9 Å². The van der Waals surface area contributed by atoms with Gasteiger partial charge in [-0.3, -0.25) is 9.79 Å². The molecule has 0 unspecified atom stereocenters. The van der Waals surface area contributed by atoms with Gasteiger partial charge in [-0.05, 0) is 42.7 Å². The number of aliphatic imine (C=N–C) groups is 1. The lowest BCUT2D eigenvalue weighted by atomic mass is 10.2. The van der Waals surface area contributed by atoms with E-state index in [2.05, 4.69) is 27.9 Å². The Labute approximate surface area is 189 Å². The minimum Gasteiger partial charge on any atom is -0.459 e. The zero-order valence-electron chi connectivity index (χ0n) is 17.1. The lowest BCUT2D eigenvalue weighted by Crippen LogP contribution is -2.37. The molecule has 1 aromatic carbocycles. The number of rotatable bonds is 11. The number of carbonyl (C=O) groups excluding carboxylic acids is 1. The molecule has 1 heterocycles. The summed E-state index contributed by atoms with van der Waals surface area (Å²) in [4.78, 5) is 16.3. The van der Waals surface area contributed by atoms with Crippen LogP contribution in [-0.4, -0.2) is 38.7 Å². The Kier molecular flexibility index (Phi) is 12.8. The number of ether oxygens (including phenoxy) is 1. The van der Waals surface area contributed by atoms with E-state index < -0.39 is 0 Å². The van der Waals surface area contributed by atoms with Crippen molar-refractivity contribution >= 4 is 41.5 Å². The topological polar surface area (TPSA) is 87.9 Å². The van der Waals surface area contributed by atoms with E-state index in [1.54, 1.807) is 19.2 Å². The SMILES string of the molecule is CCCCOCCCNC(=NC)NCc1cccc(NC(=O)c2ccco2)c1.I. The molecule has 1 aromatic heterocycles. The zero-order chi connectivity index (χ0) is 20.0. The highest BCUT2D eigenvalue weighted by molar-refractivity contribution is 14.0. The Morgan fingerprint density at radius 3 is 2.69 bits per heavy atom. The maximum atomic E-state index is 12.1. The van der Waals surface area contributed by atoms with Gasteiger partial charge in [0.25, 0.3) is 5.91 Å². The van der Waals surface area contributed by atoms with Crippen LogP contribution in [0.3, 0.4) is 0 Å². The normalized spacial score (nSPS) is 10.9. The van der Waals surface area contributed by atoms with Gasteiger partial charge >= 0.3 is 0 Å². The van der Waals surface area contributed by atoms with Gasteiger partial charge in [-0.25, -0.2) is 0 Å². The summed E-state index contributed by atoms with van der Waals surface area (Å²) in [6.45, 7) is 5.13. The number of nitrogens with zero attached hydrogens (tertiary/aromatic N) is 1. The van der Waals surface area contributed by atoms with Gasteiger partial charge in [0.2, 0.25) is 0 Å². The molecule has 0 saturated heterocycles. The molecule has 0 fully saturated rings. The van der Waals surface area contributed by atoms with Crippen molar-refractivity contribution in [2.45, 2.75) is 32.7 Å². The number of benzene rings is 1. The third-order valence-electron chi connectivity index (χ3n) is 4.01. The molecule has 0 aliphatic rings. The van der Waals surface area contributed by atoms with E-state index in [9.17, 15) is 4.79 Å². The summed E-state index contributed by atoms with van der Waals surface area (Å²) in [5, 5.41) is 9.37. The van der Waals surface area contributed by atoms with E-state index in [0.29, 0.717) is 12.2 Å². The monoisotopic (exact) mass is 514 g/mol. The number of furan rings is 1. The molecule has 7 nitrogen and oxygen atoms in total. The van der Waals surface area contributed by atoms with E-state index in [-0.39, 0.29) is 35.6 Å². The van der Waals surface area contributed by atoms with E-state index >= 15 is 0 Å². The van der Waals surface area contributed by atoms with Gasteiger partial charge < -0.3 is 25.1 Å². The minimum atomic E-state index is -0.270. The largest absolute Gasteiger partial charge is 0.459 e. The van der Waals surface area contributed by atoms with Gasteiger partial charge in [-0.15, -0.1) is 24.0 Å². The molecule has 1 amide bonds. The molecule has 3 N–H and O–H groups in total. The average Bonchev–Trinajstić information content (AvgIpc) is 3.25. The van der Waals surface area contributed by atoms with Crippen LogP contribution in [0.4, 0.5) is 5.69 Å². The molecular formula is C21H31IN4O3. The predicted molar refractivity (Wildman–Crippen MR) is 127 cm³/mol. The highest BCUT2D eigenvalue weighted by atomic mass is 127. The summed E-state index contributed by atoms with van der Waals surface area (Å²) in [6.07, 6.45) is 4.67. The molecular weight excluding hydrogens is 483 g/mol. The second-order valence-electron chi connectivity index (χ2n) is 6.30. The quantitative estimate of drug-likeness (QED) is 0.183. The van der Waals surface area contributed by atoms with Crippen molar-refractivity contribution in [2.75, 3.05) is 32.1 Å². The average molecular weight is 514 g/mol. The van der Waals surface area contributed by atoms with Crippen LogP contribution in [0.15, 0.2) is 52.1 Å². The standard InChI is InChI=1S/C21H30N4O3.HI/c1-3-4-12-27-13-7-11-23-21(22-2)24-16-17-8-5-9-18(15-17)25-20(26)19-10-6-14-28-19;/h5-6,8-10,14-15H,3-4,7,11-13,16H2,1-2H3,(H,25,26)(H2,22,23,24);1H. The zero-order valence-corrected chi connectivity index (χ0v) is 19.4. The fraction of sp³-hybridized carbons (Fsp3) is 0.429. The summed E-state index contributed by atoms with van der Waals surface area (Å²) in [6, 6.07) is 11.0. The van der Waals surface area contributed by atoms with Crippen molar-refractivity contribution in [3.63, 3.8) is 0 Å². The van der Waals surface area contributed by atoms with Crippen molar-refractivity contribution in [2.24, 2.45) is 4.99 Å². The van der Waals surface area contributed by atoms with E-state index in [1.165, 1.54) is 6.26 Å². The van der Waals surface area contributed by atoms with Crippen LogP contribution >= 0.6 is 24.0 Å².